The van der Waals surface area contributed by atoms with E-state index in [2.05, 4.69) is 15.5 Å². The summed E-state index contributed by atoms with van der Waals surface area (Å²) >= 11 is 0. The molecule has 0 saturated carbocycles. The lowest BCUT2D eigenvalue weighted by Gasteiger charge is -2.10. The molecule has 1 aromatic carbocycles. The summed E-state index contributed by atoms with van der Waals surface area (Å²) in [6, 6.07) is 9.56. The Labute approximate surface area is 136 Å². The number of aromatic amines is 1. The standard InChI is InChI=1S/C18H23N3O2/c22-17(13-6-2-1-3-7-13)10-5-11-18(23)19-12-16-14-8-4-9-15(14)20-21-16/h1-3,6-7,17,22H,4-5,8-12H2,(H,19,23)(H,20,21). The highest BCUT2D eigenvalue weighted by Gasteiger charge is 2.18. The van der Waals surface area contributed by atoms with Gasteiger partial charge in [-0.2, -0.15) is 5.10 Å². The molecule has 1 aliphatic carbocycles. The van der Waals surface area contributed by atoms with Gasteiger partial charge in [0.25, 0.3) is 0 Å². The third kappa shape index (κ3) is 3.99. The Morgan fingerprint density at radius 1 is 1.30 bits per heavy atom. The number of H-pyrrole nitrogens is 1. The highest BCUT2D eigenvalue weighted by atomic mass is 16.3. The number of hydrogen-bond donors (Lipinski definition) is 3. The Kier molecular flexibility index (Phi) is 5.08. The van der Waals surface area contributed by atoms with Gasteiger partial charge in [-0.1, -0.05) is 30.3 Å². The summed E-state index contributed by atoms with van der Waals surface area (Å²) in [5, 5.41) is 20.3. The second-order valence-electron chi connectivity index (χ2n) is 6.08. The van der Waals surface area contributed by atoms with E-state index in [1.807, 2.05) is 30.3 Å². The first-order valence-corrected chi connectivity index (χ1v) is 8.28. The van der Waals surface area contributed by atoms with Crippen LogP contribution in [0.15, 0.2) is 30.3 Å². The van der Waals surface area contributed by atoms with Crippen molar-refractivity contribution in [1.82, 2.24) is 15.5 Å². The second-order valence-corrected chi connectivity index (χ2v) is 6.08. The summed E-state index contributed by atoms with van der Waals surface area (Å²) in [4.78, 5) is 11.9. The number of carbonyl (C=O) groups excluding carboxylic acids is 1. The van der Waals surface area contributed by atoms with Crippen molar-refractivity contribution in [2.45, 2.75) is 51.2 Å². The van der Waals surface area contributed by atoms with Gasteiger partial charge in [0, 0.05) is 12.1 Å². The lowest BCUT2D eigenvalue weighted by Crippen LogP contribution is -2.23. The van der Waals surface area contributed by atoms with Crippen molar-refractivity contribution in [3.63, 3.8) is 0 Å². The quantitative estimate of drug-likeness (QED) is 0.734. The molecule has 23 heavy (non-hydrogen) atoms. The minimum Gasteiger partial charge on any atom is -0.388 e. The van der Waals surface area contributed by atoms with Gasteiger partial charge in [-0.15, -0.1) is 0 Å². The third-order valence-corrected chi connectivity index (χ3v) is 4.41. The number of aliphatic hydroxyl groups is 1. The minimum atomic E-state index is -0.501. The van der Waals surface area contributed by atoms with E-state index in [4.69, 9.17) is 0 Å². The number of hydrogen-bond acceptors (Lipinski definition) is 3. The van der Waals surface area contributed by atoms with Crippen molar-refractivity contribution in [3.05, 3.63) is 52.8 Å². The van der Waals surface area contributed by atoms with Gasteiger partial charge in [0.2, 0.25) is 5.91 Å². The average Bonchev–Trinajstić information content (AvgIpc) is 3.17. The molecular weight excluding hydrogens is 290 g/mol. The van der Waals surface area contributed by atoms with E-state index in [-0.39, 0.29) is 5.91 Å². The van der Waals surface area contributed by atoms with Gasteiger partial charge in [-0.3, -0.25) is 9.89 Å². The van der Waals surface area contributed by atoms with E-state index < -0.39 is 6.10 Å². The zero-order chi connectivity index (χ0) is 16.1. The minimum absolute atomic E-state index is 0.0139. The molecule has 122 valence electrons. The van der Waals surface area contributed by atoms with Crippen LogP contribution in [0.3, 0.4) is 0 Å². The first kappa shape index (κ1) is 15.7. The van der Waals surface area contributed by atoms with Crippen LogP contribution in [0.25, 0.3) is 0 Å². The van der Waals surface area contributed by atoms with Crippen LogP contribution in [-0.4, -0.2) is 21.2 Å². The number of rotatable bonds is 7. The Hall–Kier alpha value is -2.14. The highest BCUT2D eigenvalue weighted by molar-refractivity contribution is 5.75. The topological polar surface area (TPSA) is 78.0 Å². The molecular formula is C18H23N3O2. The fraction of sp³-hybridized carbons (Fsp3) is 0.444. The molecule has 1 unspecified atom stereocenters. The maximum Gasteiger partial charge on any atom is 0.220 e. The summed E-state index contributed by atoms with van der Waals surface area (Å²) in [6.07, 6.45) is 4.47. The fourth-order valence-electron chi connectivity index (χ4n) is 3.10. The smallest absolute Gasteiger partial charge is 0.220 e. The first-order chi connectivity index (χ1) is 11.2. The molecule has 1 amide bonds. The predicted molar refractivity (Wildman–Crippen MR) is 87.7 cm³/mol. The van der Waals surface area contributed by atoms with Crippen molar-refractivity contribution in [2.75, 3.05) is 0 Å². The lowest BCUT2D eigenvalue weighted by atomic mass is 10.0. The summed E-state index contributed by atoms with van der Waals surface area (Å²) in [5.41, 5.74) is 4.38. The molecule has 2 aromatic rings. The average molecular weight is 313 g/mol. The largest absolute Gasteiger partial charge is 0.388 e. The van der Waals surface area contributed by atoms with Gasteiger partial charge in [0.05, 0.1) is 18.3 Å². The number of nitrogens with one attached hydrogen (secondary N) is 2. The maximum absolute atomic E-state index is 11.9. The molecule has 1 atom stereocenters. The van der Waals surface area contributed by atoms with Crippen LogP contribution in [0.5, 0.6) is 0 Å². The molecule has 0 saturated heterocycles. The normalized spacial score (nSPS) is 14.5. The van der Waals surface area contributed by atoms with Crippen molar-refractivity contribution in [3.8, 4) is 0 Å². The molecule has 1 aliphatic rings. The predicted octanol–water partition coefficient (Wildman–Crippen LogP) is 2.42. The second kappa shape index (κ2) is 7.42. The number of amides is 1. The number of aromatic nitrogens is 2. The SMILES string of the molecule is O=C(CCCC(O)c1ccccc1)NCc1n[nH]c2c1CCC2. The molecule has 0 spiro atoms. The highest BCUT2D eigenvalue weighted by Crippen LogP contribution is 2.22. The van der Waals surface area contributed by atoms with Crippen LogP contribution in [0.4, 0.5) is 0 Å². The van der Waals surface area contributed by atoms with Gasteiger partial charge >= 0.3 is 0 Å². The van der Waals surface area contributed by atoms with Gasteiger partial charge in [-0.05, 0) is 43.2 Å². The molecule has 5 nitrogen and oxygen atoms in total. The van der Waals surface area contributed by atoms with Crippen LogP contribution in [-0.2, 0) is 24.2 Å². The number of carbonyl (C=O) groups is 1. The molecule has 3 N–H and O–H groups in total. The van der Waals surface area contributed by atoms with Gasteiger partial charge < -0.3 is 10.4 Å². The first-order valence-electron chi connectivity index (χ1n) is 8.28. The zero-order valence-corrected chi connectivity index (χ0v) is 13.2. The van der Waals surface area contributed by atoms with Crippen LogP contribution >= 0.6 is 0 Å². The number of aliphatic hydroxyl groups excluding tert-OH is 1. The van der Waals surface area contributed by atoms with E-state index in [9.17, 15) is 9.90 Å². The Bertz CT molecular complexity index is 652. The molecule has 0 aliphatic heterocycles. The van der Waals surface area contributed by atoms with Gasteiger partial charge in [0.1, 0.15) is 0 Å². The monoisotopic (exact) mass is 313 g/mol. The van der Waals surface area contributed by atoms with Crippen molar-refractivity contribution in [2.24, 2.45) is 0 Å². The zero-order valence-electron chi connectivity index (χ0n) is 13.2. The van der Waals surface area contributed by atoms with Crippen LogP contribution in [0.2, 0.25) is 0 Å². The number of fused-ring (bicyclic) bond motifs is 1. The molecule has 1 aromatic heterocycles. The van der Waals surface area contributed by atoms with E-state index in [0.717, 1.165) is 24.1 Å². The molecule has 5 heteroatoms. The summed E-state index contributed by atoms with van der Waals surface area (Å²) in [6.45, 7) is 0.492. The van der Waals surface area contributed by atoms with E-state index >= 15 is 0 Å². The molecule has 0 radical (unpaired) electrons. The number of nitrogens with zero attached hydrogens (tertiary/aromatic N) is 1. The van der Waals surface area contributed by atoms with Crippen LogP contribution in [0.1, 0.15) is 54.3 Å². The number of aryl methyl sites for hydroxylation is 1. The van der Waals surface area contributed by atoms with E-state index in [1.54, 1.807) is 0 Å². The Morgan fingerprint density at radius 2 is 2.13 bits per heavy atom. The van der Waals surface area contributed by atoms with E-state index in [0.29, 0.717) is 25.8 Å². The van der Waals surface area contributed by atoms with E-state index in [1.165, 1.54) is 17.7 Å². The molecule has 0 fully saturated rings. The molecule has 3 rings (SSSR count). The maximum atomic E-state index is 11.9. The van der Waals surface area contributed by atoms with Crippen molar-refractivity contribution < 1.29 is 9.90 Å². The third-order valence-electron chi connectivity index (χ3n) is 4.41. The van der Waals surface area contributed by atoms with Crippen LogP contribution < -0.4 is 5.32 Å². The van der Waals surface area contributed by atoms with Crippen molar-refractivity contribution in [1.29, 1.82) is 0 Å². The molecule has 0 bridgehead atoms. The Balaban J connectivity index is 1.38. The van der Waals surface area contributed by atoms with Gasteiger partial charge in [-0.25, -0.2) is 0 Å². The Morgan fingerprint density at radius 3 is 2.96 bits per heavy atom. The number of benzene rings is 1. The summed E-state index contributed by atoms with van der Waals surface area (Å²) in [5.74, 6) is 0.0139. The summed E-state index contributed by atoms with van der Waals surface area (Å²) in [7, 11) is 0. The summed E-state index contributed by atoms with van der Waals surface area (Å²) < 4.78 is 0. The lowest BCUT2D eigenvalue weighted by molar-refractivity contribution is -0.121. The van der Waals surface area contributed by atoms with Crippen LogP contribution in [0, 0.1) is 0 Å². The van der Waals surface area contributed by atoms with Gasteiger partial charge in [0.15, 0.2) is 0 Å². The molecule has 1 heterocycles. The van der Waals surface area contributed by atoms with Crippen molar-refractivity contribution >= 4 is 5.91 Å². The fourth-order valence-corrected chi connectivity index (χ4v) is 3.10.